The molecule has 7 heteroatoms. The van der Waals surface area contributed by atoms with E-state index in [4.69, 9.17) is 0 Å². The number of carbonyl (C=O) groups is 2. The first-order valence-corrected chi connectivity index (χ1v) is 12.0. The van der Waals surface area contributed by atoms with Gasteiger partial charge in [-0.3, -0.25) is 14.2 Å². The van der Waals surface area contributed by atoms with Gasteiger partial charge in [-0.15, -0.1) is 0 Å². The van der Waals surface area contributed by atoms with Crippen LogP contribution in [-0.2, 0) is 4.79 Å². The van der Waals surface area contributed by atoms with Gasteiger partial charge in [-0.05, 0) is 68.8 Å². The molecule has 0 unspecified atom stereocenters. The summed E-state index contributed by atoms with van der Waals surface area (Å²) in [7, 11) is 4.09. The number of likely N-dealkylation sites (tertiary alicyclic amines) is 1. The smallest absolute Gasteiger partial charge is 0.253 e. The number of fused-ring (bicyclic) bond motifs is 1. The van der Waals surface area contributed by atoms with Gasteiger partial charge in [-0.25, -0.2) is 4.98 Å². The van der Waals surface area contributed by atoms with Crippen LogP contribution in [0.5, 0.6) is 0 Å². The highest BCUT2D eigenvalue weighted by molar-refractivity contribution is 5.94. The van der Waals surface area contributed by atoms with E-state index in [-0.39, 0.29) is 23.1 Å². The molecule has 2 amide bonds. The van der Waals surface area contributed by atoms with Crippen LogP contribution in [0.3, 0.4) is 0 Å². The Morgan fingerprint density at radius 1 is 1.06 bits per heavy atom. The van der Waals surface area contributed by atoms with Crippen molar-refractivity contribution < 1.29 is 9.59 Å². The van der Waals surface area contributed by atoms with Gasteiger partial charge >= 0.3 is 0 Å². The molecule has 1 aromatic heterocycles. The van der Waals surface area contributed by atoms with Crippen molar-refractivity contribution in [3.8, 4) is 5.69 Å². The van der Waals surface area contributed by atoms with Crippen LogP contribution in [0.15, 0.2) is 54.9 Å². The summed E-state index contributed by atoms with van der Waals surface area (Å²) < 4.78 is 2.02. The molecule has 1 aliphatic heterocycles. The molecule has 7 nitrogen and oxygen atoms in total. The van der Waals surface area contributed by atoms with Crippen LogP contribution < -0.4 is 5.32 Å². The van der Waals surface area contributed by atoms with E-state index in [1.807, 2.05) is 72.1 Å². The standard InChI is InChI=1S/C27H35N5O2/c1-27(2,18-30(3)4)17-28-25(33)20-13-15-31(16-14-20)26(34)21-9-11-22(12-10-21)32-19-29-23-7-5-6-8-24(23)32/h5-12,19-20H,13-18H2,1-4H3,(H,28,33). The van der Waals surface area contributed by atoms with E-state index in [9.17, 15) is 9.59 Å². The molecule has 180 valence electrons. The van der Waals surface area contributed by atoms with E-state index in [1.165, 1.54) is 0 Å². The van der Waals surface area contributed by atoms with Crippen LogP contribution in [0, 0.1) is 11.3 Å². The van der Waals surface area contributed by atoms with Gasteiger partial charge in [0.25, 0.3) is 5.91 Å². The molecule has 1 saturated heterocycles. The average molecular weight is 462 g/mol. The van der Waals surface area contributed by atoms with Gasteiger partial charge in [0.05, 0.1) is 11.0 Å². The predicted molar refractivity (Wildman–Crippen MR) is 135 cm³/mol. The topological polar surface area (TPSA) is 70.5 Å². The Kier molecular flexibility index (Phi) is 7.03. The summed E-state index contributed by atoms with van der Waals surface area (Å²) in [6.07, 6.45) is 3.20. The zero-order valence-corrected chi connectivity index (χ0v) is 20.6. The Labute approximate surface area is 201 Å². The highest BCUT2D eigenvalue weighted by Gasteiger charge is 2.29. The van der Waals surface area contributed by atoms with Crippen molar-refractivity contribution in [1.82, 2.24) is 24.7 Å². The van der Waals surface area contributed by atoms with Crippen molar-refractivity contribution in [1.29, 1.82) is 0 Å². The number of nitrogens with zero attached hydrogens (tertiary/aromatic N) is 4. The van der Waals surface area contributed by atoms with Crippen molar-refractivity contribution in [2.45, 2.75) is 26.7 Å². The fourth-order valence-corrected chi connectivity index (χ4v) is 4.84. The monoisotopic (exact) mass is 461 g/mol. The van der Waals surface area contributed by atoms with Gasteiger partial charge in [-0.1, -0.05) is 26.0 Å². The third-order valence-electron chi connectivity index (χ3n) is 6.48. The second kappa shape index (κ2) is 9.97. The molecular formula is C27H35N5O2. The Balaban J connectivity index is 1.31. The minimum Gasteiger partial charge on any atom is -0.355 e. The molecule has 3 aromatic rings. The van der Waals surface area contributed by atoms with E-state index in [2.05, 4.69) is 29.0 Å². The van der Waals surface area contributed by atoms with Crippen molar-refractivity contribution in [2.24, 2.45) is 11.3 Å². The maximum Gasteiger partial charge on any atom is 0.253 e. The first kappa shape index (κ1) is 24.0. The predicted octanol–water partition coefficient (Wildman–Crippen LogP) is 3.58. The second-order valence-corrected chi connectivity index (χ2v) is 10.3. The number of benzene rings is 2. The van der Waals surface area contributed by atoms with Gasteiger partial charge in [0.2, 0.25) is 5.91 Å². The number of para-hydroxylation sites is 2. The molecule has 0 bridgehead atoms. The van der Waals surface area contributed by atoms with Gasteiger partial charge in [0.1, 0.15) is 6.33 Å². The fraction of sp³-hybridized carbons (Fsp3) is 0.444. The summed E-state index contributed by atoms with van der Waals surface area (Å²) in [5.74, 6) is 0.0972. The lowest BCUT2D eigenvalue weighted by Crippen LogP contribution is -2.46. The number of aromatic nitrogens is 2. The van der Waals surface area contributed by atoms with E-state index in [0.717, 1.165) is 23.3 Å². The number of amides is 2. The molecule has 0 saturated carbocycles. The lowest BCUT2D eigenvalue weighted by atomic mass is 9.91. The van der Waals surface area contributed by atoms with Gasteiger partial charge in [0.15, 0.2) is 0 Å². The molecule has 1 fully saturated rings. The molecule has 34 heavy (non-hydrogen) atoms. The molecule has 0 spiro atoms. The first-order valence-electron chi connectivity index (χ1n) is 12.0. The lowest BCUT2D eigenvalue weighted by molar-refractivity contribution is -0.126. The summed E-state index contributed by atoms with van der Waals surface area (Å²) >= 11 is 0. The fourth-order valence-electron chi connectivity index (χ4n) is 4.84. The number of imidazole rings is 1. The molecule has 1 N–H and O–H groups in total. The molecule has 1 aliphatic rings. The van der Waals surface area contributed by atoms with E-state index in [1.54, 1.807) is 6.33 Å². The Morgan fingerprint density at radius 2 is 1.74 bits per heavy atom. The second-order valence-electron chi connectivity index (χ2n) is 10.3. The molecular weight excluding hydrogens is 426 g/mol. The van der Waals surface area contributed by atoms with Crippen molar-refractivity contribution >= 4 is 22.8 Å². The molecule has 2 heterocycles. The molecule has 2 aromatic carbocycles. The van der Waals surface area contributed by atoms with Crippen LogP contribution >= 0.6 is 0 Å². The van der Waals surface area contributed by atoms with Gasteiger partial charge in [-0.2, -0.15) is 0 Å². The number of rotatable bonds is 7. The zero-order chi connectivity index (χ0) is 24.3. The third-order valence-corrected chi connectivity index (χ3v) is 6.48. The summed E-state index contributed by atoms with van der Waals surface area (Å²) in [6.45, 7) is 7.10. The summed E-state index contributed by atoms with van der Waals surface area (Å²) in [6, 6.07) is 15.6. The number of nitrogens with one attached hydrogen (secondary N) is 1. The Bertz CT molecular complexity index is 1140. The molecule has 0 aliphatic carbocycles. The summed E-state index contributed by atoms with van der Waals surface area (Å²) in [5.41, 5.74) is 3.63. The average Bonchev–Trinajstić information content (AvgIpc) is 3.26. The minimum absolute atomic E-state index is 0.0188. The molecule has 0 radical (unpaired) electrons. The van der Waals surface area contributed by atoms with Crippen molar-refractivity contribution in [2.75, 3.05) is 40.3 Å². The maximum absolute atomic E-state index is 13.0. The van der Waals surface area contributed by atoms with Gasteiger partial charge in [0, 0.05) is 43.3 Å². The number of hydrogen-bond acceptors (Lipinski definition) is 4. The summed E-state index contributed by atoms with van der Waals surface area (Å²) in [4.78, 5) is 34.2. The van der Waals surface area contributed by atoms with Crippen LogP contribution in [0.25, 0.3) is 16.7 Å². The Morgan fingerprint density at radius 3 is 2.41 bits per heavy atom. The highest BCUT2D eigenvalue weighted by Crippen LogP contribution is 2.22. The highest BCUT2D eigenvalue weighted by atomic mass is 16.2. The first-order chi connectivity index (χ1) is 16.2. The summed E-state index contributed by atoms with van der Waals surface area (Å²) in [5, 5.41) is 3.13. The van der Waals surface area contributed by atoms with Crippen LogP contribution in [-0.4, -0.2) is 71.4 Å². The Hall–Kier alpha value is -3.19. The van der Waals surface area contributed by atoms with Crippen LogP contribution in [0.4, 0.5) is 0 Å². The number of hydrogen-bond donors (Lipinski definition) is 1. The number of piperidine rings is 1. The lowest BCUT2D eigenvalue weighted by Gasteiger charge is -2.33. The quantitative estimate of drug-likeness (QED) is 0.584. The zero-order valence-electron chi connectivity index (χ0n) is 20.6. The minimum atomic E-state index is -0.0314. The third kappa shape index (κ3) is 5.47. The van der Waals surface area contributed by atoms with E-state index in [0.29, 0.717) is 38.0 Å². The number of carbonyl (C=O) groups excluding carboxylic acids is 2. The normalized spacial score (nSPS) is 15.1. The largest absolute Gasteiger partial charge is 0.355 e. The van der Waals surface area contributed by atoms with Crippen molar-refractivity contribution in [3.63, 3.8) is 0 Å². The van der Waals surface area contributed by atoms with E-state index >= 15 is 0 Å². The van der Waals surface area contributed by atoms with Crippen LogP contribution in [0.1, 0.15) is 37.0 Å². The maximum atomic E-state index is 13.0. The SMILES string of the molecule is CN(C)CC(C)(C)CNC(=O)C1CCN(C(=O)c2ccc(-n3cnc4ccccc43)cc2)CC1. The molecule has 4 rings (SSSR count). The van der Waals surface area contributed by atoms with Gasteiger partial charge < -0.3 is 15.1 Å². The van der Waals surface area contributed by atoms with Crippen molar-refractivity contribution in [3.05, 3.63) is 60.4 Å². The van der Waals surface area contributed by atoms with Crippen LogP contribution in [0.2, 0.25) is 0 Å². The molecule has 0 atom stereocenters. The van der Waals surface area contributed by atoms with E-state index < -0.39 is 0 Å².